The van der Waals surface area contributed by atoms with Gasteiger partial charge in [-0.1, -0.05) is 49.4 Å². The summed E-state index contributed by atoms with van der Waals surface area (Å²) in [7, 11) is 0. The SMILES string of the molecule is CC(C)C(NC(=O)Cn1cc(-c2ccccc2)nn1)C(=O)O. The number of hydrogen-bond acceptors (Lipinski definition) is 4. The number of carbonyl (C=O) groups excluding carboxylic acids is 1. The number of aromatic nitrogens is 3. The maximum atomic E-state index is 11.9. The molecule has 2 aromatic rings. The average Bonchev–Trinajstić information content (AvgIpc) is 2.93. The molecule has 0 aliphatic carbocycles. The van der Waals surface area contributed by atoms with Crippen LogP contribution in [0.1, 0.15) is 13.8 Å². The molecule has 7 nitrogen and oxygen atoms in total. The predicted octanol–water partition coefficient (Wildman–Crippen LogP) is 1.17. The van der Waals surface area contributed by atoms with Gasteiger partial charge in [-0.3, -0.25) is 4.79 Å². The minimum atomic E-state index is -1.05. The maximum absolute atomic E-state index is 11.9. The van der Waals surface area contributed by atoms with Crippen molar-refractivity contribution in [3.63, 3.8) is 0 Å². The fourth-order valence-corrected chi connectivity index (χ4v) is 2.00. The highest BCUT2D eigenvalue weighted by atomic mass is 16.4. The average molecular weight is 302 g/mol. The molecule has 0 radical (unpaired) electrons. The van der Waals surface area contributed by atoms with Crippen molar-refractivity contribution in [1.82, 2.24) is 20.3 Å². The monoisotopic (exact) mass is 302 g/mol. The second-order valence-electron chi connectivity index (χ2n) is 5.29. The molecule has 1 aromatic carbocycles. The first-order valence-electron chi connectivity index (χ1n) is 6.95. The molecule has 116 valence electrons. The number of hydrogen-bond donors (Lipinski definition) is 2. The van der Waals surface area contributed by atoms with E-state index in [9.17, 15) is 9.59 Å². The van der Waals surface area contributed by atoms with E-state index in [0.29, 0.717) is 5.69 Å². The number of benzene rings is 1. The minimum absolute atomic E-state index is 0.0731. The molecule has 0 bridgehead atoms. The molecule has 0 aliphatic heterocycles. The van der Waals surface area contributed by atoms with E-state index in [0.717, 1.165) is 5.56 Å². The Bertz CT molecular complexity index is 652. The minimum Gasteiger partial charge on any atom is -0.480 e. The molecule has 0 aliphatic rings. The number of aliphatic carboxylic acids is 1. The Labute approximate surface area is 128 Å². The van der Waals surface area contributed by atoms with Crippen molar-refractivity contribution in [2.24, 2.45) is 5.92 Å². The molecule has 2 N–H and O–H groups in total. The van der Waals surface area contributed by atoms with Gasteiger partial charge in [0.25, 0.3) is 0 Å². The zero-order valence-corrected chi connectivity index (χ0v) is 12.4. The van der Waals surface area contributed by atoms with Crippen LogP contribution in [0.25, 0.3) is 11.3 Å². The van der Waals surface area contributed by atoms with Gasteiger partial charge in [-0.05, 0) is 5.92 Å². The van der Waals surface area contributed by atoms with Crippen LogP contribution in [-0.2, 0) is 16.1 Å². The second kappa shape index (κ2) is 6.84. The summed E-state index contributed by atoms with van der Waals surface area (Å²) < 4.78 is 1.39. The molecule has 0 fully saturated rings. The first kappa shape index (κ1) is 15.7. The van der Waals surface area contributed by atoms with Gasteiger partial charge in [0.15, 0.2) is 0 Å². The van der Waals surface area contributed by atoms with Gasteiger partial charge in [-0.25, -0.2) is 9.48 Å². The Morgan fingerprint density at radius 1 is 1.27 bits per heavy atom. The van der Waals surface area contributed by atoms with Crippen LogP contribution in [-0.4, -0.2) is 38.0 Å². The van der Waals surface area contributed by atoms with Crippen LogP contribution >= 0.6 is 0 Å². The summed E-state index contributed by atoms with van der Waals surface area (Å²) in [5.41, 5.74) is 1.56. The lowest BCUT2D eigenvalue weighted by molar-refractivity contribution is -0.143. The van der Waals surface area contributed by atoms with Gasteiger partial charge in [0.2, 0.25) is 5.91 Å². The molecule has 7 heteroatoms. The summed E-state index contributed by atoms with van der Waals surface area (Å²) in [5.74, 6) is -1.66. The molecule has 22 heavy (non-hydrogen) atoms. The van der Waals surface area contributed by atoms with Crippen molar-refractivity contribution in [2.45, 2.75) is 26.4 Å². The van der Waals surface area contributed by atoms with Crippen LogP contribution in [0.3, 0.4) is 0 Å². The molecular formula is C15H18N4O3. The largest absolute Gasteiger partial charge is 0.480 e. The standard InChI is InChI=1S/C15H18N4O3/c1-10(2)14(15(21)22)16-13(20)9-19-8-12(17-18-19)11-6-4-3-5-7-11/h3-8,10,14H,9H2,1-2H3,(H,16,20)(H,21,22). The van der Waals surface area contributed by atoms with E-state index in [1.807, 2.05) is 30.3 Å². The van der Waals surface area contributed by atoms with Crippen LogP contribution in [0.2, 0.25) is 0 Å². The summed E-state index contributed by atoms with van der Waals surface area (Å²) >= 11 is 0. The molecule has 1 amide bonds. The second-order valence-corrected chi connectivity index (χ2v) is 5.29. The Morgan fingerprint density at radius 3 is 2.55 bits per heavy atom. The Balaban J connectivity index is 2.01. The van der Waals surface area contributed by atoms with Crippen LogP contribution in [0.4, 0.5) is 0 Å². The first-order valence-corrected chi connectivity index (χ1v) is 6.95. The summed E-state index contributed by atoms with van der Waals surface area (Å²) in [6, 6.07) is 8.56. The number of nitrogens with zero attached hydrogens (tertiary/aromatic N) is 3. The van der Waals surface area contributed by atoms with Crippen LogP contribution in [0.15, 0.2) is 36.5 Å². The lowest BCUT2D eigenvalue weighted by atomic mass is 10.1. The molecule has 0 spiro atoms. The summed E-state index contributed by atoms with van der Waals surface area (Å²) in [5, 5.41) is 19.4. The lowest BCUT2D eigenvalue weighted by Gasteiger charge is -2.17. The fourth-order valence-electron chi connectivity index (χ4n) is 2.00. The van der Waals surface area contributed by atoms with Crippen LogP contribution < -0.4 is 5.32 Å². The highest BCUT2D eigenvalue weighted by Crippen LogP contribution is 2.14. The van der Waals surface area contributed by atoms with Crippen molar-refractivity contribution >= 4 is 11.9 Å². The lowest BCUT2D eigenvalue weighted by Crippen LogP contribution is -2.45. The number of carbonyl (C=O) groups is 2. The van der Waals surface area contributed by atoms with Gasteiger partial charge < -0.3 is 10.4 Å². The van der Waals surface area contributed by atoms with E-state index in [1.165, 1.54) is 4.68 Å². The van der Waals surface area contributed by atoms with Gasteiger partial charge in [-0.15, -0.1) is 5.10 Å². The van der Waals surface area contributed by atoms with Gasteiger partial charge >= 0.3 is 5.97 Å². The van der Waals surface area contributed by atoms with Crippen molar-refractivity contribution in [3.05, 3.63) is 36.5 Å². The third kappa shape index (κ3) is 3.91. The van der Waals surface area contributed by atoms with Crippen LogP contribution in [0.5, 0.6) is 0 Å². The molecule has 1 unspecified atom stereocenters. The molecular weight excluding hydrogens is 284 g/mol. The zero-order chi connectivity index (χ0) is 16.1. The van der Waals surface area contributed by atoms with E-state index in [4.69, 9.17) is 5.11 Å². The van der Waals surface area contributed by atoms with Gasteiger partial charge in [0.1, 0.15) is 18.3 Å². The Morgan fingerprint density at radius 2 is 1.95 bits per heavy atom. The number of nitrogens with one attached hydrogen (secondary N) is 1. The molecule has 2 rings (SSSR count). The van der Waals surface area contributed by atoms with Gasteiger partial charge in [0.05, 0.1) is 6.20 Å². The normalized spacial score (nSPS) is 12.1. The van der Waals surface area contributed by atoms with Crippen molar-refractivity contribution in [3.8, 4) is 11.3 Å². The fraction of sp³-hybridized carbons (Fsp3) is 0.333. The van der Waals surface area contributed by atoms with Crippen LogP contribution in [0, 0.1) is 5.92 Å². The maximum Gasteiger partial charge on any atom is 0.326 e. The number of carboxylic acid groups (broad SMARTS) is 1. The first-order chi connectivity index (χ1) is 10.5. The molecule has 0 saturated heterocycles. The zero-order valence-electron chi connectivity index (χ0n) is 12.4. The van der Waals surface area contributed by atoms with Gasteiger partial charge in [-0.2, -0.15) is 0 Å². The summed E-state index contributed by atoms with van der Waals surface area (Å²) in [6.07, 6.45) is 1.65. The molecule has 1 heterocycles. The van der Waals surface area contributed by atoms with E-state index < -0.39 is 17.9 Å². The number of rotatable bonds is 6. The molecule has 1 aromatic heterocycles. The van der Waals surface area contributed by atoms with Crippen molar-refractivity contribution in [1.29, 1.82) is 0 Å². The quantitative estimate of drug-likeness (QED) is 0.835. The predicted molar refractivity (Wildman–Crippen MR) is 79.9 cm³/mol. The molecule has 1 atom stereocenters. The van der Waals surface area contributed by atoms with Gasteiger partial charge in [0, 0.05) is 5.56 Å². The smallest absolute Gasteiger partial charge is 0.326 e. The highest BCUT2D eigenvalue weighted by molar-refractivity contribution is 5.83. The Hall–Kier alpha value is -2.70. The van der Waals surface area contributed by atoms with Crippen molar-refractivity contribution < 1.29 is 14.7 Å². The van der Waals surface area contributed by atoms with E-state index in [1.54, 1.807) is 20.0 Å². The van der Waals surface area contributed by atoms with E-state index >= 15 is 0 Å². The number of carboxylic acids is 1. The number of amides is 1. The topological polar surface area (TPSA) is 97.1 Å². The molecule has 0 saturated carbocycles. The Kier molecular flexibility index (Phi) is 4.88. The summed E-state index contributed by atoms with van der Waals surface area (Å²) in [6.45, 7) is 3.40. The third-order valence-corrected chi connectivity index (χ3v) is 3.16. The van der Waals surface area contributed by atoms with E-state index in [2.05, 4.69) is 15.6 Å². The van der Waals surface area contributed by atoms with Crippen molar-refractivity contribution in [2.75, 3.05) is 0 Å². The summed E-state index contributed by atoms with van der Waals surface area (Å²) in [4.78, 5) is 23.0. The van der Waals surface area contributed by atoms with E-state index in [-0.39, 0.29) is 12.5 Å². The third-order valence-electron chi connectivity index (χ3n) is 3.16. The highest BCUT2D eigenvalue weighted by Gasteiger charge is 2.23.